The number of anilines is 1. The van der Waals surface area contributed by atoms with E-state index in [2.05, 4.69) is 18.2 Å². The number of methoxy groups -OCH3 is 1. The van der Waals surface area contributed by atoms with Crippen LogP contribution in [0.2, 0.25) is 0 Å². The molecule has 6 nitrogen and oxygen atoms in total. The Balaban J connectivity index is 1.91. The van der Waals surface area contributed by atoms with E-state index in [0.29, 0.717) is 13.1 Å². The minimum Gasteiger partial charge on any atom is -0.497 e. The van der Waals surface area contributed by atoms with Gasteiger partial charge in [0.25, 0.3) is 5.91 Å². The molecule has 1 amide bonds. The van der Waals surface area contributed by atoms with E-state index in [0.717, 1.165) is 32.7 Å². The summed E-state index contributed by atoms with van der Waals surface area (Å²) in [5, 5.41) is 1.70. The number of hydrogen-bond donors (Lipinski definition) is 0. The van der Waals surface area contributed by atoms with Gasteiger partial charge in [-0.3, -0.25) is 9.59 Å². The number of ether oxygens (including phenoxy) is 2. The lowest BCUT2D eigenvalue weighted by Gasteiger charge is -2.35. The fraction of sp³-hybridized carbons (Fsp3) is 0.308. The number of rotatable bonds is 6. The zero-order valence-electron chi connectivity index (χ0n) is 19.3. The van der Waals surface area contributed by atoms with Gasteiger partial charge in [0, 0.05) is 30.3 Å². The number of benzene rings is 3. The Bertz CT molecular complexity index is 1160. The minimum atomic E-state index is -0.966. The molecular formula is C26H28N2O4S. The summed E-state index contributed by atoms with van der Waals surface area (Å²) < 4.78 is 11.0. The molecule has 1 heterocycles. The quantitative estimate of drug-likeness (QED) is 0.500. The molecule has 0 spiro atoms. The number of amides is 1. The van der Waals surface area contributed by atoms with E-state index >= 15 is 0 Å². The van der Waals surface area contributed by atoms with Gasteiger partial charge in [0.1, 0.15) is 5.75 Å². The molecule has 2 atom stereocenters. The Morgan fingerprint density at radius 3 is 2.39 bits per heavy atom. The van der Waals surface area contributed by atoms with Crippen LogP contribution in [0.3, 0.4) is 0 Å². The summed E-state index contributed by atoms with van der Waals surface area (Å²) in [4.78, 5) is 31.0. The first-order valence-electron chi connectivity index (χ1n) is 10.8. The summed E-state index contributed by atoms with van der Waals surface area (Å²) in [6, 6.07) is 19.7. The molecule has 0 unspecified atom stereocenters. The predicted octanol–water partition coefficient (Wildman–Crippen LogP) is 4.52. The van der Waals surface area contributed by atoms with Gasteiger partial charge in [-0.1, -0.05) is 36.4 Å². The second-order valence-electron chi connectivity index (χ2n) is 8.27. The van der Waals surface area contributed by atoms with Crippen LogP contribution in [0.1, 0.15) is 17.7 Å². The fourth-order valence-electron chi connectivity index (χ4n) is 4.07. The molecule has 172 valence electrons. The normalized spacial score (nSPS) is 18.2. The average Bonchev–Trinajstić information content (AvgIpc) is 2.80. The lowest BCUT2D eigenvalue weighted by atomic mass is 10.0. The molecule has 33 heavy (non-hydrogen) atoms. The molecule has 4 rings (SSSR count). The minimum absolute atomic E-state index is 0.220. The maximum absolute atomic E-state index is 14.0. The van der Waals surface area contributed by atoms with Gasteiger partial charge in [0.15, 0.2) is 6.10 Å². The Hall–Kier alpha value is -3.03. The molecule has 1 aliphatic rings. The standard InChI is InChI=1S/C26H28N2O4S/c1-17(29)32-24-25(19-11-13-20(31-4)14-12-19)33-22-10-6-8-18-7-5-9-21(23(18)22)28(26(24)30)16-15-27(2)3/h5-14,24-25H,15-16H2,1-4H3/t24-,25-/m1/s1. The first-order valence-corrected chi connectivity index (χ1v) is 11.7. The van der Waals surface area contributed by atoms with Gasteiger partial charge < -0.3 is 19.3 Å². The Morgan fingerprint density at radius 1 is 1.06 bits per heavy atom. The largest absolute Gasteiger partial charge is 0.497 e. The average molecular weight is 465 g/mol. The van der Waals surface area contributed by atoms with E-state index in [1.165, 1.54) is 6.92 Å². The third-order valence-corrected chi connectivity index (χ3v) is 7.05. The SMILES string of the molecule is COc1ccc([C@H]2Sc3cccc4cccc(c34)N(CCN(C)C)C(=O)[C@@H]2OC(C)=O)cc1. The van der Waals surface area contributed by atoms with Crippen LogP contribution in [-0.4, -0.2) is 57.2 Å². The third kappa shape index (κ3) is 4.84. The van der Waals surface area contributed by atoms with Crippen LogP contribution < -0.4 is 9.64 Å². The van der Waals surface area contributed by atoms with Crippen LogP contribution in [0.25, 0.3) is 10.8 Å². The third-order valence-electron chi connectivity index (χ3n) is 5.68. The highest BCUT2D eigenvalue weighted by Gasteiger charge is 2.39. The molecule has 1 aliphatic heterocycles. The van der Waals surface area contributed by atoms with Gasteiger partial charge in [-0.2, -0.15) is 0 Å². The van der Waals surface area contributed by atoms with E-state index in [1.54, 1.807) is 23.8 Å². The van der Waals surface area contributed by atoms with Crippen molar-refractivity contribution < 1.29 is 19.1 Å². The lowest BCUT2D eigenvalue weighted by Crippen LogP contribution is -2.46. The maximum atomic E-state index is 14.0. The summed E-state index contributed by atoms with van der Waals surface area (Å²) in [6.07, 6.45) is -0.966. The fourth-order valence-corrected chi connectivity index (χ4v) is 5.43. The van der Waals surface area contributed by atoms with Crippen LogP contribution in [0.4, 0.5) is 5.69 Å². The van der Waals surface area contributed by atoms with Crippen molar-refractivity contribution in [2.24, 2.45) is 0 Å². The highest BCUT2D eigenvalue weighted by Crippen LogP contribution is 2.47. The van der Waals surface area contributed by atoms with Crippen LogP contribution in [0.5, 0.6) is 5.75 Å². The zero-order chi connectivity index (χ0) is 23.5. The van der Waals surface area contributed by atoms with Gasteiger partial charge in [-0.05, 0) is 49.3 Å². The first-order chi connectivity index (χ1) is 15.9. The van der Waals surface area contributed by atoms with Gasteiger partial charge in [-0.25, -0.2) is 0 Å². The van der Waals surface area contributed by atoms with E-state index in [4.69, 9.17) is 9.47 Å². The number of thioether (sulfide) groups is 1. The number of esters is 1. The second kappa shape index (κ2) is 9.85. The maximum Gasteiger partial charge on any atom is 0.303 e. The molecule has 0 aliphatic carbocycles. The summed E-state index contributed by atoms with van der Waals surface area (Å²) in [5.74, 6) is 0.0273. The lowest BCUT2D eigenvalue weighted by molar-refractivity contribution is -0.152. The molecule has 0 saturated heterocycles. The molecule has 0 fully saturated rings. The molecule has 0 aromatic heterocycles. The molecule has 0 N–H and O–H groups in total. The number of carbonyl (C=O) groups is 2. The number of carbonyl (C=O) groups excluding carboxylic acids is 2. The van der Waals surface area contributed by atoms with Crippen molar-refractivity contribution in [1.29, 1.82) is 0 Å². The predicted molar refractivity (Wildman–Crippen MR) is 132 cm³/mol. The highest BCUT2D eigenvalue weighted by atomic mass is 32.2. The highest BCUT2D eigenvalue weighted by molar-refractivity contribution is 7.99. The summed E-state index contributed by atoms with van der Waals surface area (Å²) in [5.41, 5.74) is 1.73. The van der Waals surface area contributed by atoms with Gasteiger partial charge in [-0.15, -0.1) is 11.8 Å². The molecule has 3 aromatic rings. The van der Waals surface area contributed by atoms with Crippen molar-refractivity contribution in [2.75, 3.05) is 39.2 Å². The monoisotopic (exact) mass is 464 g/mol. The Kier molecular flexibility index (Phi) is 6.91. The smallest absolute Gasteiger partial charge is 0.303 e. The topological polar surface area (TPSA) is 59.1 Å². The molecule has 0 radical (unpaired) electrons. The first kappa shape index (κ1) is 23.1. The van der Waals surface area contributed by atoms with Crippen molar-refractivity contribution in [3.05, 3.63) is 66.2 Å². The van der Waals surface area contributed by atoms with E-state index in [9.17, 15) is 9.59 Å². The summed E-state index contributed by atoms with van der Waals surface area (Å²) >= 11 is 1.55. The number of nitrogens with zero attached hydrogens (tertiary/aromatic N) is 2. The van der Waals surface area contributed by atoms with Gasteiger partial charge >= 0.3 is 5.97 Å². The Morgan fingerprint density at radius 2 is 1.76 bits per heavy atom. The van der Waals surface area contributed by atoms with E-state index in [-0.39, 0.29) is 5.91 Å². The Labute approximate surface area is 198 Å². The van der Waals surface area contributed by atoms with Crippen molar-refractivity contribution in [1.82, 2.24) is 4.90 Å². The van der Waals surface area contributed by atoms with Crippen LogP contribution >= 0.6 is 11.8 Å². The summed E-state index contributed by atoms with van der Waals surface area (Å²) in [7, 11) is 5.57. The van der Waals surface area contributed by atoms with Crippen molar-refractivity contribution >= 4 is 40.1 Å². The number of hydrogen-bond acceptors (Lipinski definition) is 6. The molecule has 0 bridgehead atoms. The zero-order valence-corrected chi connectivity index (χ0v) is 20.1. The van der Waals surface area contributed by atoms with Gasteiger partial charge in [0.05, 0.1) is 18.0 Å². The molecule has 7 heteroatoms. The summed E-state index contributed by atoms with van der Waals surface area (Å²) in [6.45, 7) is 2.51. The van der Waals surface area contributed by atoms with E-state index < -0.39 is 17.3 Å². The molecule has 0 saturated carbocycles. The molecule has 3 aromatic carbocycles. The number of likely N-dealkylation sites (N-methyl/N-ethyl adjacent to an activating group) is 1. The van der Waals surface area contributed by atoms with Crippen molar-refractivity contribution in [2.45, 2.75) is 23.2 Å². The van der Waals surface area contributed by atoms with Crippen LogP contribution in [0, 0.1) is 0 Å². The van der Waals surface area contributed by atoms with Gasteiger partial charge in [0.2, 0.25) is 0 Å². The van der Waals surface area contributed by atoms with E-state index in [1.807, 2.05) is 61.5 Å². The van der Waals surface area contributed by atoms with Crippen LogP contribution in [0.15, 0.2) is 65.6 Å². The second-order valence-corrected chi connectivity index (χ2v) is 9.45. The van der Waals surface area contributed by atoms with Crippen LogP contribution in [-0.2, 0) is 14.3 Å². The van der Waals surface area contributed by atoms with Crippen molar-refractivity contribution in [3.63, 3.8) is 0 Å². The van der Waals surface area contributed by atoms with Crippen molar-refractivity contribution in [3.8, 4) is 5.75 Å². The molecular weight excluding hydrogens is 436 g/mol.